The molecule has 0 saturated carbocycles. The van der Waals surface area contributed by atoms with Crippen molar-refractivity contribution in [3.05, 3.63) is 0 Å². The van der Waals surface area contributed by atoms with Crippen LogP contribution in [0.15, 0.2) is 0 Å². The molecule has 1 aliphatic rings. The molecule has 1 saturated heterocycles. The molecule has 1 rings (SSSR count). The molecule has 0 radical (unpaired) electrons. The van der Waals surface area contributed by atoms with Crippen molar-refractivity contribution in [2.45, 2.75) is 18.6 Å². The number of nitrogens with two attached hydrogens (primary N) is 1. The molecule has 1 fully saturated rings. The van der Waals surface area contributed by atoms with E-state index in [1.54, 1.807) is 11.8 Å². The molecule has 8 heavy (non-hydrogen) atoms. The highest BCUT2D eigenvalue weighted by Gasteiger charge is 2.18. The lowest BCUT2D eigenvalue weighted by Gasteiger charge is -2.22. The van der Waals surface area contributed by atoms with Crippen molar-refractivity contribution in [1.29, 1.82) is 0 Å². The summed E-state index contributed by atoms with van der Waals surface area (Å²) in [5.74, 6) is 1.93. The zero-order valence-corrected chi connectivity index (χ0v) is 5.53. The molecule has 0 aliphatic carbocycles. The number of aliphatic hydroxyl groups is 1. The summed E-state index contributed by atoms with van der Waals surface area (Å²) < 4.78 is 0. The Morgan fingerprint density at radius 1 is 1.62 bits per heavy atom. The molecule has 0 amide bonds. The van der Waals surface area contributed by atoms with Crippen LogP contribution in [-0.2, 0) is 0 Å². The van der Waals surface area contributed by atoms with Gasteiger partial charge in [0, 0.05) is 11.8 Å². The molecule has 3 heteroatoms. The average Bonchev–Trinajstić information content (AvgIpc) is 1.77. The van der Waals surface area contributed by atoms with Gasteiger partial charge in [-0.1, -0.05) is 0 Å². The van der Waals surface area contributed by atoms with Crippen LogP contribution >= 0.6 is 11.8 Å². The molecule has 0 bridgehead atoms. The molecular weight excluding hydrogens is 122 g/mol. The van der Waals surface area contributed by atoms with Crippen LogP contribution in [0.25, 0.3) is 0 Å². The van der Waals surface area contributed by atoms with Crippen LogP contribution in [0.4, 0.5) is 0 Å². The Kier molecular flexibility index (Phi) is 2.16. The van der Waals surface area contributed by atoms with Gasteiger partial charge in [0.1, 0.15) is 0 Å². The third-order valence-electron chi connectivity index (χ3n) is 1.38. The molecule has 1 heterocycles. The number of thioether (sulfide) groups is 1. The average molecular weight is 133 g/mol. The van der Waals surface area contributed by atoms with Gasteiger partial charge in [0.05, 0.1) is 6.10 Å². The summed E-state index contributed by atoms with van der Waals surface area (Å²) in [6, 6.07) is 0.0382. The second kappa shape index (κ2) is 2.71. The van der Waals surface area contributed by atoms with Crippen molar-refractivity contribution in [3.8, 4) is 0 Å². The Balaban J connectivity index is 2.28. The van der Waals surface area contributed by atoms with E-state index < -0.39 is 0 Å². The molecule has 1 aliphatic heterocycles. The molecule has 0 spiro atoms. The number of hydrogen-bond acceptors (Lipinski definition) is 3. The van der Waals surface area contributed by atoms with Crippen LogP contribution in [0.1, 0.15) is 6.42 Å². The molecule has 0 aromatic carbocycles. The summed E-state index contributed by atoms with van der Waals surface area (Å²) in [5.41, 5.74) is 5.51. The van der Waals surface area contributed by atoms with Crippen molar-refractivity contribution in [2.24, 2.45) is 5.73 Å². The second-order valence-electron chi connectivity index (χ2n) is 2.09. The van der Waals surface area contributed by atoms with E-state index in [1.165, 1.54) is 0 Å². The molecule has 2 atom stereocenters. The van der Waals surface area contributed by atoms with Crippen molar-refractivity contribution < 1.29 is 5.11 Å². The van der Waals surface area contributed by atoms with Crippen molar-refractivity contribution in [2.75, 3.05) is 11.5 Å². The summed E-state index contributed by atoms with van der Waals surface area (Å²) in [5, 5.41) is 9.03. The number of hydrogen-bond donors (Lipinski definition) is 2. The van der Waals surface area contributed by atoms with Gasteiger partial charge >= 0.3 is 0 Å². The Hall–Kier alpha value is 0.270. The predicted octanol–water partition coefficient (Wildman–Crippen LogP) is -0.189. The SMILES string of the molecule is NC1CCSCC1O. The summed E-state index contributed by atoms with van der Waals surface area (Å²) in [6.07, 6.45) is 0.708. The van der Waals surface area contributed by atoms with E-state index in [4.69, 9.17) is 10.8 Å². The van der Waals surface area contributed by atoms with Gasteiger partial charge in [-0.3, -0.25) is 0 Å². The summed E-state index contributed by atoms with van der Waals surface area (Å²) in [4.78, 5) is 0. The van der Waals surface area contributed by atoms with Gasteiger partial charge in [0.25, 0.3) is 0 Å². The lowest BCUT2D eigenvalue weighted by atomic mass is 10.1. The summed E-state index contributed by atoms with van der Waals surface area (Å²) in [6.45, 7) is 0. The normalized spacial score (nSPS) is 39.8. The lowest BCUT2D eigenvalue weighted by molar-refractivity contribution is 0.163. The Morgan fingerprint density at radius 2 is 2.38 bits per heavy atom. The van der Waals surface area contributed by atoms with E-state index in [2.05, 4.69) is 0 Å². The Bertz CT molecular complexity index is 68.8. The van der Waals surface area contributed by atoms with E-state index in [0.29, 0.717) is 0 Å². The van der Waals surface area contributed by atoms with Gasteiger partial charge in [-0.15, -0.1) is 0 Å². The quantitative estimate of drug-likeness (QED) is 0.481. The predicted molar refractivity (Wildman–Crippen MR) is 35.9 cm³/mol. The highest BCUT2D eigenvalue weighted by Crippen LogP contribution is 2.15. The fraction of sp³-hybridized carbons (Fsp3) is 1.00. The van der Waals surface area contributed by atoms with Crippen molar-refractivity contribution in [1.82, 2.24) is 0 Å². The van der Waals surface area contributed by atoms with Gasteiger partial charge in [-0.05, 0) is 12.2 Å². The van der Waals surface area contributed by atoms with Crippen LogP contribution in [0.3, 0.4) is 0 Å². The van der Waals surface area contributed by atoms with Crippen LogP contribution in [0.2, 0.25) is 0 Å². The Labute approximate surface area is 53.5 Å². The van der Waals surface area contributed by atoms with Crippen LogP contribution in [0, 0.1) is 0 Å². The maximum atomic E-state index is 9.03. The first kappa shape index (κ1) is 6.39. The largest absolute Gasteiger partial charge is 0.391 e. The summed E-state index contributed by atoms with van der Waals surface area (Å²) >= 11 is 1.78. The van der Waals surface area contributed by atoms with Crippen molar-refractivity contribution in [3.63, 3.8) is 0 Å². The number of aliphatic hydroxyl groups excluding tert-OH is 1. The molecule has 0 aromatic rings. The minimum absolute atomic E-state index is 0.0382. The molecular formula is C5H11NOS. The lowest BCUT2D eigenvalue weighted by Crippen LogP contribution is -2.39. The fourth-order valence-corrected chi connectivity index (χ4v) is 1.83. The first-order valence-electron chi connectivity index (χ1n) is 2.82. The topological polar surface area (TPSA) is 46.2 Å². The van der Waals surface area contributed by atoms with E-state index in [1.807, 2.05) is 0 Å². The third kappa shape index (κ3) is 1.37. The second-order valence-corrected chi connectivity index (χ2v) is 3.24. The van der Waals surface area contributed by atoms with Gasteiger partial charge < -0.3 is 10.8 Å². The highest BCUT2D eigenvalue weighted by atomic mass is 32.2. The smallest absolute Gasteiger partial charge is 0.0781 e. The highest BCUT2D eigenvalue weighted by molar-refractivity contribution is 7.99. The van der Waals surface area contributed by atoms with Gasteiger partial charge in [0.15, 0.2) is 0 Å². The van der Waals surface area contributed by atoms with E-state index in [0.717, 1.165) is 17.9 Å². The minimum Gasteiger partial charge on any atom is -0.391 e. The maximum Gasteiger partial charge on any atom is 0.0781 e. The minimum atomic E-state index is -0.256. The number of rotatable bonds is 0. The first-order valence-corrected chi connectivity index (χ1v) is 3.97. The van der Waals surface area contributed by atoms with E-state index in [-0.39, 0.29) is 12.1 Å². The first-order chi connectivity index (χ1) is 3.80. The monoisotopic (exact) mass is 133 g/mol. The maximum absolute atomic E-state index is 9.03. The zero-order chi connectivity index (χ0) is 5.98. The Morgan fingerprint density at radius 3 is 2.75 bits per heavy atom. The van der Waals surface area contributed by atoms with E-state index in [9.17, 15) is 0 Å². The van der Waals surface area contributed by atoms with Gasteiger partial charge in [0.2, 0.25) is 0 Å². The van der Waals surface area contributed by atoms with E-state index >= 15 is 0 Å². The molecule has 0 aromatic heterocycles. The summed E-state index contributed by atoms with van der Waals surface area (Å²) in [7, 11) is 0. The van der Waals surface area contributed by atoms with Crippen molar-refractivity contribution >= 4 is 11.8 Å². The molecule has 2 unspecified atom stereocenters. The molecule has 2 nitrogen and oxygen atoms in total. The van der Waals surface area contributed by atoms with Gasteiger partial charge in [-0.2, -0.15) is 11.8 Å². The van der Waals surface area contributed by atoms with Crippen LogP contribution in [-0.4, -0.2) is 28.8 Å². The molecule has 3 N–H and O–H groups in total. The van der Waals surface area contributed by atoms with Crippen LogP contribution in [0.5, 0.6) is 0 Å². The van der Waals surface area contributed by atoms with Gasteiger partial charge in [-0.25, -0.2) is 0 Å². The third-order valence-corrected chi connectivity index (χ3v) is 2.48. The zero-order valence-electron chi connectivity index (χ0n) is 4.71. The molecule has 48 valence electrons. The standard InChI is InChI=1S/C5H11NOS/c6-4-1-2-8-3-5(4)7/h4-5,7H,1-3,6H2. The van der Waals surface area contributed by atoms with Crippen LogP contribution < -0.4 is 5.73 Å². The fourth-order valence-electron chi connectivity index (χ4n) is 0.739.